The number of hydrogen-bond acceptors (Lipinski definition) is 7. The van der Waals surface area contributed by atoms with E-state index in [-0.39, 0.29) is 5.91 Å². The van der Waals surface area contributed by atoms with Gasteiger partial charge in [-0.05, 0) is 13.8 Å². The fourth-order valence-electron chi connectivity index (χ4n) is 2.40. The van der Waals surface area contributed by atoms with Crippen LogP contribution in [0, 0.1) is 0 Å². The van der Waals surface area contributed by atoms with Crippen LogP contribution < -0.4 is 5.32 Å². The molecule has 0 spiro atoms. The molecule has 5 atom stereocenters. The van der Waals surface area contributed by atoms with Crippen LogP contribution in [-0.2, 0) is 9.53 Å². The Morgan fingerprint density at radius 3 is 2.60 bits per heavy atom. The van der Waals surface area contributed by atoms with E-state index in [4.69, 9.17) is 4.74 Å². The van der Waals surface area contributed by atoms with E-state index in [0.29, 0.717) is 18.3 Å². The first kappa shape index (κ1) is 15.6. The topological polar surface area (TPSA) is 94.4 Å². The second-order valence-corrected chi connectivity index (χ2v) is 5.80. The highest BCUT2D eigenvalue weighted by molar-refractivity contribution is 8.14. The van der Waals surface area contributed by atoms with Crippen molar-refractivity contribution in [2.24, 2.45) is 4.99 Å². The molecule has 1 fully saturated rings. The maximum atomic E-state index is 12.3. The molecule has 20 heavy (non-hydrogen) atoms. The molecule has 114 valence electrons. The van der Waals surface area contributed by atoms with Crippen LogP contribution in [0.3, 0.4) is 0 Å². The summed E-state index contributed by atoms with van der Waals surface area (Å²) in [6, 6.07) is -0.543. The Morgan fingerprint density at radius 1 is 1.40 bits per heavy atom. The first-order valence-electron chi connectivity index (χ1n) is 6.76. The summed E-state index contributed by atoms with van der Waals surface area (Å²) < 4.78 is 5.68. The monoisotopic (exact) mass is 303 g/mol. The number of aliphatic imine (C=N–C) groups is 1. The average molecular weight is 303 g/mol. The van der Waals surface area contributed by atoms with E-state index in [1.165, 1.54) is 11.8 Å². The molecule has 0 aromatic carbocycles. The number of ether oxygens (including phenoxy) is 1. The summed E-state index contributed by atoms with van der Waals surface area (Å²) >= 11 is 1.32. The average Bonchev–Trinajstić information content (AvgIpc) is 2.87. The zero-order valence-electron chi connectivity index (χ0n) is 11.8. The number of aliphatic hydroxyl groups is 2. The number of nitrogens with one attached hydrogen (secondary N) is 1. The Kier molecular flexibility index (Phi) is 4.90. The molecule has 1 amide bonds. The predicted octanol–water partition coefficient (Wildman–Crippen LogP) is -1.01. The van der Waals surface area contributed by atoms with E-state index in [1.807, 2.05) is 13.8 Å². The van der Waals surface area contributed by atoms with Crippen LogP contribution in [0.1, 0.15) is 13.8 Å². The number of amides is 1. The largest absolute Gasteiger partial charge is 0.388 e. The van der Waals surface area contributed by atoms with E-state index >= 15 is 0 Å². The van der Waals surface area contributed by atoms with Gasteiger partial charge in [-0.3, -0.25) is 9.79 Å². The van der Waals surface area contributed by atoms with Gasteiger partial charge < -0.3 is 25.2 Å². The van der Waals surface area contributed by atoms with Gasteiger partial charge in [-0.1, -0.05) is 11.8 Å². The first-order chi connectivity index (χ1) is 9.53. The number of aliphatic hydroxyl groups excluding tert-OH is 2. The van der Waals surface area contributed by atoms with Gasteiger partial charge in [0.1, 0.15) is 23.7 Å². The van der Waals surface area contributed by atoms with Gasteiger partial charge in [0.2, 0.25) is 0 Å². The zero-order valence-corrected chi connectivity index (χ0v) is 12.6. The molecule has 0 aromatic rings. The fourth-order valence-corrected chi connectivity index (χ4v) is 3.46. The van der Waals surface area contributed by atoms with E-state index in [1.54, 1.807) is 11.9 Å². The summed E-state index contributed by atoms with van der Waals surface area (Å²) in [5.41, 5.74) is -0.444. The van der Waals surface area contributed by atoms with Crippen LogP contribution in [0.15, 0.2) is 4.99 Å². The van der Waals surface area contributed by atoms with Crippen molar-refractivity contribution in [3.05, 3.63) is 0 Å². The molecule has 0 bridgehead atoms. The number of thioether (sulfide) groups is 1. The van der Waals surface area contributed by atoms with Gasteiger partial charge in [0, 0.05) is 20.1 Å². The molecule has 0 radical (unpaired) electrons. The first-order valence-corrected chi connectivity index (χ1v) is 7.64. The van der Waals surface area contributed by atoms with Gasteiger partial charge >= 0.3 is 0 Å². The summed E-state index contributed by atoms with van der Waals surface area (Å²) in [7, 11) is 1.73. The third-order valence-electron chi connectivity index (χ3n) is 3.60. The zero-order chi connectivity index (χ0) is 14.9. The molecular weight excluding hydrogens is 282 g/mol. The Bertz CT molecular complexity index is 402. The highest BCUT2D eigenvalue weighted by Gasteiger charge is 2.51. The number of amidine groups is 1. The number of fused-ring (bicyclic) bond motifs is 1. The third kappa shape index (κ3) is 2.65. The molecule has 1 saturated heterocycles. The molecule has 0 aliphatic carbocycles. The highest BCUT2D eigenvalue weighted by atomic mass is 32.2. The summed E-state index contributed by atoms with van der Waals surface area (Å²) in [4.78, 5) is 18.2. The molecule has 2 heterocycles. The Morgan fingerprint density at radius 2 is 2.05 bits per heavy atom. The number of carbonyl (C=O) groups excluding carboxylic acids is 1. The lowest BCUT2D eigenvalue weighted by Crippen LogP contribution is -2.59. The number of nitrogens with zero attached hydrogens (tertiary/aromatic N) is 2. The van der Waals surface area contributed by atoms with Gasteiger partial charge in [-0.15, -0.1) is 0 Å². The lowest BCUT2D eigenvalue weighted by atomic mass is 9.97. The highest BCUT2D eigenvalue weighted by Crippen LogP contribution is 2.36. The van der Waals surface area contributed by atoms with Crippen molar-refractivity contribution in [3.8, 4) is 0 Å². The van der Waals surface area contributed by atoms with E-state index < -0.39 is 29.8 Å². The van der Waals surface area contributed by atoms with Crippen LogP contribution in [0.5, 0.6) is 0 Å². The Balaban J connectivity index is 2.13. The van der Waals surface area contributed by atoms with Crippen molar-refractivity contribution in [1.29, 1.82) is 0 Å². The maximum absolute atomic E-state index is 12.3. The second kappa shape index (κ2) is 6.30. The number of hydrogen-bond donors (Lipinski definition) is 3. The van der Waals surface area contributed by atoms with E-state index in [0.717, 1.165) is 0 Å². The molecule has 0 unspecified atom stereocenters. The molecule has 2 aliphatic heterocycles. The summed E-state index contributed by atoms with van der Waals surface area (Å²) in [6.07, 6.45) is -3.40. The standard InChI is InChI=1S/C12H21N3O4S/c1-4-15(5-2)10(18)9-8(17)7(16)6-11(19-9)20-12(13-3)14-6/h6-9,11,16-17H,4-5H2,1-3H3,(H,13,14)/t6-,7+,8-,9-,11-/m0/s1. The van der Waals surface area contributed by atoms with Crippen molar-refractivity contribution in [2.75, 3.05) is 20.1 Å². The second-order valence-electron chi connectivity index (χ2n) is 4.71. The summed E-state index contributed by atoms with van der Waals surface area (Å²) in [5, 5.41) is 23.8. The number of carbonyl (C=O) groups is 1. The van der Waals surface area contributed by atoms with Crippen molar-refractivity contribution < 1.29 is 19.7 Å². The van der Waals surface area contributed by atoms with Crippen molar-refractivity contribution in [3.63, 3.8) is 0 Å². The smallest absolute Gasteiger partial charge is 0.254 e. The number of rotatable bonds is 3. The minimum Gasteiger partial charge on any atom is -0.388 e. The van der Waals surface area contributed by atoms with Crippen LogP contribution >= 0.6 is 11.8 Å². The van der Waals surface area contributed by atoms with Gasteiger partial charge in [-0.25, -0.2) is 0 Å². The molecule has 2 rings (SSSR count). The van der Waals surface area contributed by atoms with Crippen LogP contribution in [0.2, 0.25) is 0 Å². The van der Waals surface area contributed by atoms with Gasteiger partial charge in [0.15, 0.2) is 11.3 Å². The van der Waals surface area contributed by atoms with Crippen LogP contribution in [0.4, 0.5) is 0 Å². The minimum absolute atomic E-state index is 0.293. The third-order valence-corrected chi connectivity index (χ3v) is 4.75. The SMILES string of the molecule is CCN(CC)C(=O)[C@H]1O[C@H]2SC(NC)=N[C@H]2[C@@H](O)[C@@H]1O. The quantitative estimate of drug-likeness (QED) is 0.619. The summed E-state index contributed by atoms with van der Waals surface area (Å²) in [6.45, 7) is 4.81. The minimum atomic E-state index is -1.26. The molecule has 7 nitrogen and oxygen atoms in total. The van der Waals surface area contributed by atoms with E-state index in [9.17, 15) is 15.0 Å². The Labute approximate surface area is 122 Å². The van der Waals surface area contributed by atoms with Crippen LogP contribution in [0.25, 0.3) is 0 Å². The molecular formula is C12H21N3O4S. The molecule has 8 heteroatoms. The van der Waals surface area contributed by atoms with Crippen molar-refractivity contribution >= 4 is 22.8 Å². The van der Waals surface area contributed by atoms with Crippen molar-refractivity contribution in [1.82, 2.24) is 10.2 Å². The van der Waals surface area contributed by atoms with Gasteiger partial charge in [0.05, 0.1) is 0 Å². The molecule has 0 aromatic heterocycles. The predicted molar refractivity (Wildman–Crippen MR) is 76.5 cm³/mol. The maximum Gasteiger partial charge on any atom is 0.254 e. The van der Waals surface area contributed by atoms with E-state index in [2.05, 4.69) is 10.3 Å². The van der Waals surface area contributed by atoms with Gasteiger partial charge in [-0.2, -0.15) is 0 Å². The number of likely N-dealkylation sites (N-methyl/N-ethyl adjacent to an activating group) is 1. The fraction of sp³-hybridized carbons (Fsp3) is 0.833. The molecule has 2 aliphatic rings. The van der Waals surface area contributed by atoms with Crippen molar-refractivity contribution in [2.45, 2.75) is 43.6 Å². The lowest BCUT2D eigenvalue weighted by Gasteiger charge is -2.39. The van der Waals surface area contributed by atoms with Gasteiger partial charge in [0.25, 0.3) is 5.91 Å². The normalized spacial score (nSPS) is 36.2. The molecule has 0 saturated carbocycles. The molecule has 3 N–H and O–H groups in total. The summed E-state index contributed by atoms with van der Waals surface area (Å²) in [5.74, 6) is -0.293. The lowest BCUT2D eigenvalue weighted by molar-refractivity contribution is -0.179. The van der Waals surface area contributed by atoms with Crippen LogP contribution in [-0.4, -0.2) is 76.1 Å². The Hall–Kier alpha value is -0.830.